The Balaban J connectivity index is 2.83. The molecule has 0 radical (unpaired) electrons. The number of nitrogens with one attached hydrogen (secondary N) is 1. The van der Waals surface area contributed by atoms with Crippen molar-refractivity contribution < 1.29 is 19.4 Å². The van der Waals surface area contributed by atoms with Crippen LogP contribution in [0.2, 0.25) is 0 Å². The molecule has 0 heterocycles. The maximum absolute atomic E-state index is 12.0. The Morgan fingerprint density at radius 1 is 1.19 bits per heavy atom. The number of ketones is 1. The minimum absolute atomic E-state index is 0.0213. The van der Waals surface area contributed by atoms with Crippen LogP contribution in [-0.4, -0.2) is 17.0 Å². The van der Waals surface area contributed by atoms with Gasteiger partial charge in [0.25, 0.3) is 0 Å². The Morgan fingerprint density at radius 3 is 2.35 bits per heavy atom. The number of amides is 1. The number of carbonyl (C=O) groups is 2. The number of allylic oxidation sites excluding steroid dienone is 5. The number of aliphatic hydroxyl groups is 1. The lowest BCUT2D eigenvalue weighted by Crippen LogP contribution is -2.27. The Morgan fingerprint density at radius 2 is 1.81 bits per heavy atom. The first kappa shape index (κ1) is 20.8. The van der Waals surface area contributed by atoms with Gasteiger partial charge in [-0.3, -0.25) is 10.1 Å². The van der Waals surface area contributed by atoms with Gasteiger partial charge in [-0.05, 0) is 43.6 Å². The highest BCUT2D eigenvalue weighted by Crippen LogP contribution is 2.14. The Bertz CT molecular complexity index is 770. The van der Waals surface area contributed by atoms with E-state index in [2.05, 4.69) is 11.9 Å². The van der Waals surface area contributed by atoms with Crippen LogP contribution in [0.15, 0.2) is 77.4 Å². The molecule has 1 rings (SSSR count). The van der Waals surface area contributed by atoms with Gasteiger partial charge in [0.1, 0.15) is 18.1 Å². The number of hydrogen-bond acceptors (Lipinski definition) is 5. The van der Waals surface area contributed by atoms with Crippen molar-refractivity contribution in [1.29, 1.82) is 0 Å². The predicted octanol–water partition coefficient (Wildman–Crippen LogP) is 3.64. The van der Waals surface area contributed by atoms with E-state index in [-0.39, 0.29) is 29.5 Å². The summed E-state index contributed by atoms with van der Waals surface area (Å²) in [5.74, 6) is -0.519. The highest BCUT2D eigenvalue weighted by molar-refractivity contribution is 6.03. The lowest BCUT2D eigenvalue weighted by Gasteiger charge is -2.13. The lowest BCUT2D eigenvalue weighted by atomic mass is 10.1. The highest BCUT2D eigenvalue weighted by Gasteiger charge is 2.14. The third-order valence-electron chi connectivity index (χ3n) is 3.35. The maximum Gasteiger partial charge on any atom is 0.412 e. The standard InChI is InChI=1S/C20H24N2O4/c1-13(2)17(23)11-10-14(3)19(24)18(15(4)21)22-20(25)26-12-16-8-6-5-7-9-16/h5-11,24H,1,12,21H2,2-4H3,(H,22,25)/b11-10-,18-15+,19-14+. The summed E-state index contributed by atoms with van der Waals surface area (Å²) in [4.78, 5) is 23.5. The van der Waals surface area contributed by atoms with Gasteiger partial charge in [-0.1, -0.05) is 43.0 Å². The highest BCUT2D eigenvalue weighted by atomic mass is 16.5. The molecule has 1 aromatic carbocycles. The van der Waals surface area contributed by atoms with E-state index >= 15 is 0 Å². The summed E-state index contributed by atoms with van der Waals surface area (Å²) in [6.45, 7) is 8.32. The Hall–Kier alpha value is -3.28. The van der Waals surface area contributed by atoms with Crippen molar-refractivity contribution in [3.63, 3.8) is 0 Å². The zero-order valence-electron chi connectivity index (χ0n) is 15.2. The molecule has 0 atom stereocenters. The number of carbonyl (C=O) groups excluding carboxylic acids is 2. The summed E-state index contributed by atoms with van der Waals surface area (Å²) in [7, 11) is 0. The molecule has 0 aromatic heterocycles. The van der Waals surface area contributed by atoms with E-state index in [9.17, 15) is 14.7 Å². The molecule has 0 saturated carbocycles. The van der Waals surface area contributed by atoms with Crippen LogP contribution in [0.1, 0.15) is 26.3 Å². The van der Waals surface area contributed by atoms with Crippen LogP contribution >= 0.6 is 0 Å². The van der Waals surface area contributed by atoms with Crippen molar-refractivity contribution in [2.24, 2.45) is 5.73 Å². The molecule has 6 heteroatoms. The predicted molar refractivity (Wildman–Crippen MR) is 101 cm³/mol. The number of nitrogens with two attached hydrogens (primary N) is 1. The van der Waals surface area contributed by atoms with Gasteiger partial charge in [0.05, 0.1) is 0 Å². The van der Waals surface area contributed by atoms with Crippen LogP contribution in [0.3, 0.4) is 0 Å². The average molecular weight is 356 g/mol. The van der Waals surface area contributed by atoms with Crippen molar-refractivity contribution in [2.75, 3.05) is 0 Å². The number of alkyl carbamates (subject to hydrolysis) is 1. The lowest BCUT2D eigenvalue weighted by molar-refractivity contribution is -0.111. The molecular weight excluding hydrogens is 332 g/mol. The summed E-state index contributed by atoms with van der Waals surface area (Å²) in [5, 5.41) is 12.7. The summed E-state index contributed by atoms with van der Waals surface area (Å²) >= 11 is 0. The van der Waals surface area contributed by atoms with Crippen molar-refractivity contribution in [1.82, 2.24) is 5.32 Å². The monoisotopic (exact) mass is 356 g/mol. The largest absolute Gasteiger partial charge is 0.505 e. The molecule has 6 nitrogen and oxygen atoms in total. The van der Waals surface area contributed by atoms with Crippen molar-refractivity contribution >= 4 is 11.9 Å². The first-order valence-corrected chi connectivity index (χ1v) is 7.94. The summed E-state index contributed by atoms with van der Waals surface area (Å²) in [6.07, 6.45) is 1.95. The molecule has 0 spiro atoms. The number of ether oxygens (including phenoxy) is 1. The van der Waals surface area contributed by atoms with E-state index in [1.165, 1.54) is 19.1 Å². The molecule has 0 aliphatic carbocycles. The van der Waals surface area contributed by atoms with Gasteiger partial charge in [-0.25, -0.2) is 4.79 Å². The van der Waals surface area contributed by atoms with Gasteiger partial charge in [-0.2, -0.15) is 0 Å². The third kappa shape index (κ3) is 6.68. The van der Waals surface area contributed by atoms with E-state index in [1.807, 2.05) is 30.3 Å². The quantitative estimate of drug-likeness (QED) is 0.393. The smallest absolute Gasteiger partial charge is 0.412 e. The normalized spacial score (nSPS) is 12.9. The van der Waals surface area contributed by atoms with Crippen LogP contribution in [0.4, 0.5) is 4.79 Å². The number of aliphatic hydroxyl groups excluding tert-OH is 1. The van der Waals surface area contributed by atoms with Crippen LogP contribution in [0.25, 0.3) is 0 Å². The summed E-state index contributed by atoms with van der Waals surface area (Å²) < 4.78 is 5.11. The minimum atomic E-state index is -0.755. The van der Waals surface area contributed by atoms with Crippen molar-refractivity contribution in [2.45, 2.75) is 27.4 Å². The fourth-order valence-corrected chi connectivity index (χ4v) is 1.82. The van der Waals surface area contributed by atoms with E-state index in [0.29, 0.717) is 11.1 Å². The fourth-order valence-electron chi connectivity index (χ4n) is 1.82. The van der Waals surface area contributed by atoms with Gasteiger partial charge in [-0.15, -0.1) is 0 Å². The second-order valence-electron chi connectivity index (χ2n) is 5.75. The summed E-state index contributed by atoms with van der Waals surface area (Å²) in [5.41, 5.74) is 7.51. The Kier molecular flexibility index (Phi) is 7.89. The van der Waals surface area contributed by atoms with E-state index in [1.54, 1.807) is 13.8 Å². The molecule has 0 aliphatic rings. The topological polar surface area (TPSA) is 102 Å². The average Bonchev–Trinajstić information content (AvgIpc) is 2.62. The molecule has 0 unspecified atom stereocenters. The maximum atomic E-state index is 12.0. The van der Waals surface area contributed by atoms with E-state index in [4.69, 9.17) is 10.5 Å². The Labute approximate surface area is 153 Å². The van der Waals surface area contributed by atoms with Gasteiger partial charge < -0.3 is 15.6 Å². The SMILES string of the molecule is C=C(C)C(=O)\C=C/C(C)=C(O)\C(NC(=O)OCc1ccccc1)=C(\C)N. The van der Waals surface area contributed by atoms with E-state index < -0.39 is 6.09 Å². The molecule has 26 heavy (non-hydrogen) atoms. The minimum Gasteiger partial charge on any atom is -0.505 e. The molecule has 4 N–H and O–H groups in total. The van der Waals surface area contributed by atoms with Crippen LogP contribution in [0.5, 0.6) is 0 Å². The molecule has 0 bridgehead atoms. The van der Waals surface area contributed by atoms with Crippen LogP contribution in [-0.2, 0) is 16.1 Å². The molecular formula is C20H24N2O4. The molecule has 1 amide bonds. The first-order valence-electron chi connectivity index (χ1n) is 7.94. The van der Waals surface area contributed by atoms with Crippen molar-refractivity contribution in [3.8, 4) is 0 Å². The number of rotatable bonds is 7. The van der Waals surface area contributed by atoms with Crippen LogP contribution < -0.4 is 11.1 Å². The zero-order chi connectivity index (χ0) is 19.7. The van der Waals surface area contributed by atoms with Gasteiger partial charge >= 0.3 is 6.09 Å². The van der Waals surface area contributed by atoms with Crippen LogP contribution in [0, 0.1) is 0 Å². The molecule has 0 aliphatic heterocycles. The number of hydrogen-bond donors (Lipinski definition) is 3. The second-order valence-corrected chi connectivity index (χ2v) is 5.75. The summed E-state index contributed by atoms with van der Waals surface area (Å²) in [6, 6.07) is 9.18. The fraction of sp³-hybridized carbons (Fsp3) is 0.200. The molecule has 0 saturated heterocycles. The molecule has 1 aromatic rings. The van der Waals surface area contributed by atoms with E-state index in [0.717, 1.165) is 5.56 Å². The molecule has 138 valence electrons. The van der Waals surface area contributed by atoms with Gasteiger partial charge in [0.2, 0.25) is 0 Å². The van der Waals surface area contributed by atoms with Gasteiger partial charge in [0.15, 0.2) is 5.78 Å². The third-order valence-corrected chi connectivity index (χ3v) is 3.35. The molecule has 0 fully saturated rings. The van der Waals surface area contributed by atoms with Gasteiger partial charge in [0, 0.05) is 5.70 Å². The van der Waals surface area contributed by atoms with Crippen molar-refractivity contribution in [3.05, 3.63) is 82.9 Å². The zero-order valence-corrected chi connectivity index (χ0v) is 15.2. The first-order chi connectivity index (χ1) is 12.2. The number of benzene rings is 1. The second kappa shape index (κ2) is 9.88.